The zero-order valence-electron chi connectivity index (χ0n) is 16.6. The second-order valence-corrected chi connectivity index (χ2v) is 7.97. The van der Waals surface area contributed by atoms with Crippen LogP contribution in [0.1, 0.15) is 16.7 Å². The number of nitrogens with zero attached hydrogens (tertiary/aromatic N) is 1. The molecule has 3 aromatic rings. The number of hydrogen-bond donors (Lipinski definition) is 2. The van der Waals surface area contributed by atoms with Gasteiger partial charge >= 0.3 is 0 Å². The Balaban J connectivity index is 0.00000300. The summed E-state index contributed by atoms with van der Waals surface area (Å²) in [5, 5.41) is 6.74. The van der Waals surface area contributed by atoms with E-state index in [9.17, 15) is 4.21 Å². The monoisotopic (exact) mass is 519 g/mol. The molecule has 0 aliphatic carbocycles. The highest BCUT2D eigenvalue weighted by molar-refractivity contribution is 14.0. The maximum atomic E-state index is 11.5. The van der Waals surface area contributed by atoms with Gasteiger partial charge in [0.15, 0.2) is 5.96 Å². The predicted molar refractivity (Wildman–Crippen MR) is 133 cm³/mol. The van der Waals surface area contributed by atoms with Crippen molar-refractivity contribution in [2.24, 2.45) is 4.99 Å². The lowest BCUT2D eigenvalue weighted by atomic mass is 10.1. The lowest BCUT2D eigenvalue weighted by Crippen LogP contribution is -2.30. The molecule has 3 rings (SSSR count). The molecule has 4 nitrogen and oxygen atoms in total. The van der Waals surface area contributed by atoms with Crippen molar-refractivity contribution in [2.45, 2.75) is 24.9 Å². The number of nitrogens with one attached hydrogen (secondary N) is 2. The Labute approximate surface area is 192 Å². The molecule has 0 bridgehead atoms. The summed E-state index contributed by atoms with van der Waals surface area (Å²) in [7, 11) is -0.963. The minimum atomic E-state index is -0.963. The number of aliphatic imine (C=N–C) groups is 1. The second kappa shape index (κ2) is 11.7. The Bertz CT molecular complexity index is 942. The molecule has 0 heterocycles. The fraction of sp³-hybridized carbons (Fsp3) is 0.174. The molecule has 0 aliphatic rings. The van der Waals surface area contributed by atoms with Crippen LogP contribution in [0.2, 0.25) is 0 Å². The van der Waals surface area contributed by atoms with E-state index in [1.165, 1.54) is 11.1 Å². The molecule has 0 radical (unpaired) electrons. The Hall–Kier alpha value is -2.19. The lowest BCUT2D eigenvalue weighted by Gasteiger charge is -2.13. The number of para-hydroxylation sites is 1. The maximum Gasteiger partial charge on any atom is 0.196 e. The van der Waals surface area contributed by atoms with Gasteiger partial charge in [0.05, 0.1) is 6.54 Å². The summed E-state index contributed by atoms with van der Waals surface area (Å²) in [6.07, 6.45) is 1.68. The molecule has 0 spiro atoms. The van der Waals surface area contributed by atoms with E-state index < -0.39 is 10.8 Å². The Morgan fingerprint density at radius 2 is 1.52 bits per heavy atom. The first-order valence-electron chi connectivity index (χ1n) is 9.18. The highest BCUT2D eigenvalue weighted by Crippen LogP contribution is 2.10. The number of benzene rings is 3. The molecule has 1 unspecified atom stereocenters. The molecule has 0 saturated carbocycles. The molecule has 0 fully saturated rings. The number of guanidine groups is 1. The van der Waals surface area contributed by atoms with Crippen LogP contribution in [-0.2, 0) is 23.9 Å². The first-order valence-corrected chi connectivity index (χ1v) is 10.7. The maximum absolute atomic E-state index is 11.5. The van der Waals surface area contributed by atoms with E-state index in [1.54, 1.807) is 6.26 Å². The Morgan fingerprint density at radius 3 is 2.14 bits per heavy atom. The van der Waals surface area contributed by atoms with E-state index in [2.05, 4.69) is 41.8 Å². The summed E-state index contributed by atoms with van der Waals surface area (Å²) in [6.45, 7) is 3.31. The van der Waals surface area contributed by atoms with Crippen molar-refractivity contribution in [2.75, 3.05) is 11.6 Å². The highest BCUT2D eigenvalue weighted by Gasteiger charge is 2.02. The van der Waals surface area contributed by atoms with Gasteiger partial charge in [0, 0.05) is 34.2 Å². The third-order valence-electron chi connectivity index (χ3n) is 4.29. The molecule has 152 valence electrons. The van der Waals surface area contributed by atoms with E-state index in [0.29, 0.717) is 13.1 Å². The van der Waals surface area contributed by atoms with Crippen molar-refractivity contribution in [3.63, 3.8) is 0 Å². The van der Waals surface area contributed by atoms with Crippen molar-refractivity contribution >= 4 is 46.4 Å². The molecule has 6 heteroatoms. The van der Waals surface area contributed by atoms with Crippen LogP contribution < -0.4 is 10.6 Å². The summed E-state index contributed by atoms with van der Waals surface area (Å²) >= 11 is 0. The lowest BCUT2D eigenvalue weighted by molar-refractivity contribution is 0.687. The topological polar surface area (TPSA) is 53.5 Å². The van der Waals surface area contributed by atoms with Crippen molar-refractivity contribution in [3.8, 4) is 0 Å². The summed E-state index contributed by atoms with van der Waals surface area (Å²) < 4.78 is 11.5. The first-order chi connectivity index (χ1) is 13.6. The third-order valence-corrected chi connectivity index (χ3v) is 5.23. The summed E-state index contributed by atoms with van der Waals surface area (Å²) in [4.78, 5) is 5.54. The van der Waals surface area contributed by atoms with Crippen molar-refractivity contribution in [1.82, 2.24) is 5.32 Å². The van der Waals surface area contributed by atoms with Gasteiger partial charge in [-0.25, -0.2) is 4.99 Å². The molecule has 0 amide bonds. The summed E-state index contributed by atoms with van der Waals surface area (Å²) in [5.74, 6) is 0.718. The zero-order valence-corrected chi connectivity index (χ0v) is 19.7. The number of halogens is 1. The van der Waals surface area contributed by atoms with Gasteiger partial charge < -0.3 is 10.6 Å². The minimum absolute atomic E-state index is 0. The third kappa shape index (κ3) is 7.62. The van der Waals surface area contributed by atoms with Crippen LogP contribution in [0.5, 0.6) is 0 Å². The summed E-state index contributed by atoms with van der Waals surface area (Å²) in [5.41, 5.74) is 4.49. The molecular formula is C23H26IN3OS. The molecule has 1 atom stereocenters. The van der Waals surface area contributed by atoms with Crippen molar-refractivity contribution in [3.05, 3.63) is 95.6 Å². The van der Waals surface area contributed by atoms with E-state index in [0.717, 1.165) is 22.1 Å². The minimum Gasteiger partial charge on any atom is -0.352 e. The SMILES string of the molecule is Cc1ccc(CNC(=NCc2ccc(S(C)=O)cc2)Nc2ccccc2)cc1.I. The molecule has 0 aliphatic heterocycles. The van der Waals surface area contributed by atoms with Gasteiger partial charge in [-0.05, 0) is 42.3 Å². The number of anilines is 1. The van der Waals surface area contributed by atoms with Gasteiger partial charge in [0.2, 0.25) is 0 Å². The predicted octanol–water partition coefficient (Wildman–Crippen LogP) is 5.11. The molecule has 2 N–H and O–H groups in total. The number of rotatable bonds is 6. The Kier molecular flexibility index (Phi) is 9.34. The fourth-order valence-electron chi connectivity index (χ4n) is 2.65. The van der Waals surface area contributed by atoms with E-state index >= 15 is 0 Å². The van der Waals surface area contributed by atoms with Crippen LogP contribution in [0.15, 0.2) is 88.8 Å². The van der Waals surface area contributed by atoms with Gasteiger partial charge in [-0.2, -0.15) is 0 Å². The number of hydrogen-bond acceptors (Lipinski definition) is 2. The first kappa shape index (κ1) is 23.1. The van der Waals surface area contributed by atoms with Crippen LogP contribution >= 0.6 is 24.0 Å². The number of aryl methyl sites for hydroxylation is 1. The standard InChI is InChI=1S/C23H25N3OS.HI/c1-18-8-10-19(11-9-18)16-24-23(26-21-6-4-3-5-7-21)25-17-20-12-14-22(15-13-20)28(2)27;/h3-15H,16-17H2,1-2H3,(H2,24,25,26);1H. The largest absolute Gasteiger partial charge is 0.352 e. The summed E-state index contributed by atoms with van der Waals surface area (Å²) in [6, 6.07) is 26.2. The highest BCUT2D eigenvalue weighted by atomic mass is 127. The van der Waals surface area contributed by atoms with E-state index in [1.807, 2.05) is 54.6 Å². The Morgan fingerprint density at radius 1 is 0.897 bits per heavy atom. The molecule has 0 aromatic heterocycles. The van der Waals surface area contributed by atoms with E-state index in [-0.39, 0.29) is 24.0 Å². The van der Waals surface area contributed by atoms with Crippen LogP contribution in [-0.4, -0.2) is 16.4 Å². The van der Waals surface area contributed by atoms with Crippen LogP contribution in [0.4, 0.5) is 5.69 Å². The van der Waals surface area contributed by atoms with Gasteiger partial charge in [-0.1, -0.05) is 60.2 Å². The average molecular weight is 519 g/mol. The van der Waals surface area contributed by atoms with Crippen molar-refractivity contribution in [1.29, 1.82) is 0 Å². The van der Waals surface area contributed by atoms with Gasteiger partial charge in [0.25, 0.3) is 0 Å². The average Bonchev–Trinajstić information content (AvgIpc) is 2.72. The molecule has 0 saturated heterocycles. The van der Waals surface area contributed by atoms with Crippen LogP contribution in [0, 0.1) is 6.92 Å². The van der Waals surface area contributed by atoms with Crippen LogP contribution in [0.25, 0.3) is 0 Å². The smallest absolute Gasteiger partial charge is 0.196 e. The second-order valence-electron chi connectivity index (χ2n) is 6.59. The normalized spacial score (nSPS) is 12.0. The quantitative estimate of drug-likeness (QED) is 0.271. The molecule has 3 aromatic carbocycles. The molecule has 29 heavy (non-hydrogen) atoms. The van der Waals surface area contributed by atoms with Crippen LogP contribution in [0.3, 0.4) is 0 Å². The van der Waals surface area contributed by atoms with Gasteiger partial charge in [-0.3, -0.25) is 4.21 Å². The van der Waals surface area contributed by atoms with E-state index in [4.69, 9.17) is 4.99 Å². The fourth-order valence-corrected chi connectivity index (χ4v) is 3.17. The van der Waals surface area contributed by atoms with Crippen molar-refractivity contribution < 1.29 is 4.21 Å². The molecular weight excluding hydrogens is 493 g/mol. The zero-order chi connectivity index (χ0) is 19.8. The van der Waals surface area contributed by atoms with Gasteiger partial charge in [-0.15, -0.1) is 24.0 Å². The van der Waals surface area contributed by atoms with Gasteiger partial charge in [0.1, 0.15) is 0 Å².